The number of morpholine rings is 1. The van der Waals surface area contributed by atoms with Gasteiger partial charge in [0.2, 0.25) is 17.5 Å². The van der Waals surface area contributed by atoms with E-state index in [0.29, 0.717) is 30.6 Å². The van der Waals surface area contributed by atoms with E-state index in [0.717, 1.165) is 11.1 Å². The van der Waals surface area contributed by atoms with E-state index < -0.39 is 0 Å². The Hall–Kier alpha value is -2.32. The van der Waals surface area contributed by atoms with Crippen molar-refractivity contribution >= 4 is 5.88 Å². The van der Waals surface area contributed by atoms with Gasteiger partial charge in [-0.1, -0.05) is 18.2 Å². The molecule has 5 nitrogen and oxygen atoms in total. The van der Waals surface area contributed by atoms with Gasteiger partial charge in [-0.2, -0.15) is 10.2 Å². The predicted molar refractivity (Wildman–Crippen MR) is 83.6 cm³/mol. The van der Waals surface area contributed by atoms with Gasteiger partial charge in [0, 0.05) is 18.7 Å². The summed E-state index contributed by atoms with van der Waals surface area (Å²) in [5.74, 6) is 1.04. The van der Waals surface area contributed by atoms with Crippen LogP contribution in [0.4, 0.5) is 5.88 Å². The van der Waals surface area contributed by atoms with Crippen molar-refractivity contribution in [2.45, 2.75) is 33.0 Å². The number of nitriles is 1. The molecule has 0 bridgehead atoms. The standard InChI is InChI=1S/C17H19N3O2/c1-11-6-4-5-7-14(11)16-19-15(8-18)17(22-16)20-9-12(2)21-13(3)10-20/h4-7,12-13H,9-10H2,1-3H3. The number of ether oxygens (including phenoxy) is 1. The van der Waals surface area contributed by atoms with Crippen LogP contribution in [0.1, 0.15) is 25.1 Å². The number of oxazole rings is 1. The number of aromatic nitrogens is 1. The van der Waals surface area contributed by atoms with Gasteiger partial charge in [0.1, 0.15) is 6.07 Å². The molecule has 0 amide bonds. The van der Waals surface area contributed by atoms with Crippen molar-refractivity contribution < 1.29 is 9.15 Å². The third-order valence-electron chi connectivity index (χ3n) is 3.80. The zero-order valence-corrected chi connectivity index (χ0v) is 13.0. The molecule has 0 saturated carbocycles. The zero-order chi connectivity index (χ0) is 15.7. The lowest BCUT2D eigenvalue weighted by atomic mass is 10.1. The van der Waals surface area contributed by atoms with Crippen LogP contribution in [0.5, 0.6) is 0 Å². The molecule has 1 aromatic heterocycles. The average molecular weight is 297 g/mol. The number of hydrogen-bond acceptors (Lipinski definition) is 5. The minimum absolute atomic E-state index is 0.0994. The number of rotatable bonds is 2. The summed E-state index contributed by atoms with van der Waals surface area (Å²) in [6, 6.07) is 10.0. The van der Waals surface area contributed by atoms with Crippen LogP contribution in [-0.4, -0.2) is 30.3 Å². The van der Waals surface area contributed by atoms with Crippen molar-refractivity contribution in [3.63, 3.8) is 0 Å². The van der Waals surface area contributed by atoms with Crippen LogP contribution in [0.3, 0.4) is 0 Å². The maximum Gasteiger partial charge on any atom is 0.235 e. The summed E-state index contributed by atoms with van der Waals surface area (Å²) in [6.07, 6.45) is 0.199. The molecule has 0 N–H and O–H groups in total. The van der Waals surface area contributed by atoms with Crippen LogP contribution in [0.25, 0.3) is 11.5 Å². The minimum atomic E-state index is 0.0994. The van der Waals surface area contributed by atoms with Crippen molar-refractivity contribution in [1.29, 1.82) is 5.26 Å². The van der Waals surface area contributed by atoms with Crippen LogP contribution in [0.2, 0.25) is 0 Å². The fourth-order valence-electron chi connectivity index (χ4n) is 2.87. The van der Waals surface area contributed by atoms with Crippen molar-refractivity contribution in [3.05, 3.63) is 35.5 Å². The Labute approximate surface area is 130 Å². The second-order valence-corrected chi connectivity index (χ2v) is 5.76. The summed E-state index contributed by atoms with van der Waals surface area (Å²) in [6.45, 7) is 7.44. The first-order valence-electron chi connectivity index (χ1n) is 7.46. The number of aryl methyl sites for hydroxylation is 1. The lowest BCUT2D eigenvalue weighted by molar-refractivity contribution is -0.00638. The third kappa shape index (κ3) is 2.70. The third-order valence-corrected chi connectivity index (χ3v) is 3.80. The minimum Gasteiger partial charge on any atom is -0.419 e. The molecule has 2 unspecified atom stereocenters. The number of anilines is 1. The van der Waals surface area contributed by atoms with Gasteiger partial charge in [-0.25, -0.2) is 0 Å². The first kappa shape index (κ1) is 14.6. The van der Waals surface area contributed by atoms with Gasteiger partial charge >= 0.3 is 0 Å². The van der Waals surface area contributed by atoms with Gasteiger partial charge in [0.05, 0.1) is 12.2 Å². The predicted octanol–water partition coefficient (Wildman–Crippen LogP) is 3.14. The van der Waals surface area contributed by atoms with Crippen molar-refractivity contribution in [2.75, 3.05) is 18.0 Å². The molecule has 2 heterocycles. The van der Waals surface area contributed by atoms with Crippen LogP contribution < -0.4 is 4.90 Å². The molecule has 1 saturated heterocycles. The Bertz CT molecular complexity index is 707. The van der Waals surface area contributed by atoms with Gasteiger partial charge in [-0.3, -0.25) is 0 Å². The van der Waals surface area contributed by atoms with E-state index in [1.165, 1.54) is 0 Å². The first-order chi connectivity index (χ1) is 10.6. The zero-order valence-electron chi connectivity index (χ0n) is 13.0. The van der Waals surface area contributed by atoms with E-state index >= 15 is 0 Å². The molecule has 1 aliphatic rings. The maximum absolute atomic E-state index is 9.38. The summed E-state index contributed by atoms with van der Waals surface area (Å²) in [5.41, 5.74) is 2.32. The molecular weight excluding hydrogens is 278 g/mol. The molecule has 0 spiro atoms. The summed E-state index contributed by atoms with van der Waals surface area (Å²) < 4.78 is 11.7. The van der Waals surface area contributed by atoms with E-state index in [1.54, 1.807) is 0 Å². The van der Waals surface area contributed by atoms with Gasteiger partial charge in [-0.05, 0) is 32.4 Å². The molecule has 5 heteroatoms. The maximum atomic E-state index is 9.38. The molecule has 2 atom stereocenters. The number of nitrogens with zero attached hydrogens (tertiary/aromatic N) is 3. The molecule has 0 radical (unpaired) electrons. The van der Waals surface area contributed by atoms with E-state index in [9.17, 15) is 5.26 Å². The normalized spacial score (nSPS) is 21.6. The highest BCUT2D eigenvalue weighted by Gasteiger charge is 2.28. The summed E-state index contributed by atoms with van der Waals surface area (Å²) in [7, 11) is 0. The summed E-state index contributed by atoms with van der Waals surface area (Å²) in [4.78, 5) is 6.42. The van der Waals surface area contributed by atoms with Gasteiger partial charge < -0.3 is 14.1 Å². The van der Waals surface area contributed by atoms with Crippen LogP contribution in [0, 0.1) is 18.3 Å². The highest BCUT2D eigenvalue weighted by molar-refractivity contribution is 5.62. The van der Waals surface area contributed by atoms with Gasteiger partial charge in [-0.15, -0.1) is 0 Å². The molecule has 1 aromatic carbocycles. The van der Waals surface area contributed by atoms with E-state index in [4.69, 9.17) is 9.15 Å². The lowest BCUT2D eigenvalue weighted by Crippen LogP contribution is -2.45. The Kier molecular flexibility index (Phi) is 3.86. The molecule has 114 valence electrons. The fraction of sp³-hybridized carbons (Fsp3) is 0.412. The van der Waals surface area contributed by atoms with E-state index in [2.05, 4.69) is 11.1 Å². The van der Waals surface area contributed by atoms with Crippen molar-refractivity contribution in [3.8, 4) is 17.5 Å². The topological polar surface area (TPSA) is 62.3 Å². The largest absolute Gasteiger partial charge is 0.419 e. The highest BCUT2D eigenvalue weighted by Crippen LogP contribution is 2.31. The second kappa shape index (κ2) is 5.82. The average Bonchev–Trinajstić information content (AvgIpc) is 2.91. The SMILES string of the molecule is Cc1ccccc1-c1nc(C#N)c(N2CC(C)OC(C)C2)o1. The van der Waals surface area contributed by atoms with E-state index in [-0.39, 0.29) is 12.2 Å². The monoisotopic (exact) mass is 297 g/mol. The molecular formula is C17H19N3O2. The molecule has 0 aliphatic carbocycles. The summed E-state index contributed by atoms with van der Waals surface area (Å²) >= 11 is 0. The first-order valence-corrected chi connectivity index (χ1v) is 7.46. The lowest BCUT2D eigenvalue weighted by Gasteiger charge is -2.34. The summed E-state index contributed by atoms with van der Waals surface area (Å²) in [5, 5.41) is 9.38. The van der Waals surface area contributed by atoms with Crippen molar-refractivity contribution in [1.82, 2.24) is 4.98 Å². The van der Waals surface area contributed by atoms with Crippen LogP contribution in [-0.2, 0) is 4.74 Å². The Morgan fingerprint density at radius 2 is 1.91 bits per heavy atom. The Balaban J connectivity index is 1.99. The second-order valence-electron chi connectivity index (χ2n) is 5.76. The Morgan fingerprint density at radius 1 is 1.23 bits per heavy atom. The fourth-order valence-corrected chi connectivity index (χ4v) is 2.87. The molecule has 1 aliphatic heterocycles. The quantitative estimate of drug-likeness (QED) is 0.852. The molecule has 3 rings (SSSR count). The highest BCUT2D eigenvalue weighted by atomic mass is 16.5. The molecule has 22 heavy (non-hydrogen) atoms. The van der Waals surface area contributed by atoms with Gasteiger partial charge in [0.25, 0.3) is 0 Å². The number of benzene rings is 1. The molecule has 1 fully saturated rings. The van der Waals surface area contributed by atoms with Gasteiger partial charge in [0.15, 0.2) is 0 Å². The Morgan fingerprint density at radius 3 is 2.55 bits per heavy atom. The number of hydrogen-bond donors (Lipinski definition) is 0. The van der Waals surface area contributed by atoms with Crippen LogP contribution in [0.15, 0.2) is 28.7 Å². The molecule has 2 aromatic rings. The van der Waals surface area contributed by atoms with Crippen molar-refractivity contribution in [2.24, 2.45) is 0 Å². The van der Waals surface area contributed by atoms with Crippen LogP contribution >= 0.6 is 0 Å². The van der Waals surface area contributed by atoms with E-state index in [1.807, 2.05) is 49.9 Å². The smallest absolute Gasteiger partial charge is 0.235 e.